The van der Waals surface area contributed by atoms with E-state index in [9.17, 15) is 30.0 Å². The molecule has 0 heterocycles. The van der Waals surface area contributed by atoms with Gasteiger partial charge in [0.1, 0.15) is 18.3 Å². The van der Waals surface area contributed by atoms with E-state index in [2.05, 4.69) is 0 Å². The molecule has 9 heteroatoms. The fourth-order valence-corrected chi connectivity index (χ4v) is 1.70. The van der Waals surface area contributed by atoms with Gasteiger partial charge in [-0.1, -0.05) is 0 Å². The average molecular weight is 330 g/mol. The summed E-state index contributed by atoms with van der Waals surface area (Å²) in [5.41, 5.74) is -0.0732. The number of carbonyl (C=O) groups is 2. The largest absolute Gasteiger partial charge is 0.504 e. The maximum atomic E-state index is 11.9. The molecular weight excluding hydrogens is 312 g/mol. The minimum Gasteiger partial charge on any atom is -0.504 e. The van der Waals surface area contributed by atoms with Crippen molar-refractivity contribution in [1.82, 2.24) is 0 Å². The van der Waals surface area contributed by atoms with Gasteiger partial charge in [-0.15, -0.1) is 0 Å². The standard InChI is InChI=1S/C14H18O9/c1-22-10-4-7(2-3-8(10)17)14(21)23-11(6-16)13(20)12(19)9(18)5-15/h2-4,6,9,11-13,15,17-20H,5H2,1H3/t9-,11+,12-,13-/m1/s1. The summed E-state index contributed by atoms with van der Waals surface area (Å²) >= 11 is 0. The molecule has 0 aliphatic heterocycles. The Bertz CT molecular complexity index is 545. The highest BCUT2D eigenvalue weighted by molar-refractivity contribution is 5.91. The monoisotopic (exact) mass is 330 g/mol. The number of hydrogen-bond acceptors (Lipinski definition) is 9. The molecular formula is C14H18O9. The summed E-state index contributed by atoms with van der Waals surface area (Å²) in [5.74, 6) is -1.24. The number of esters is 1. The van der Waals surface area contributed by atoms with Crippen LogP contribution in [-0.4, -0.2) is 75.9 Å². The number of aliphatic hydroxyl groups excluding tert-OH is 4. The van der Waals surface area contributed by atoms with Crippen LogP contribution in [-0.2, 0) is 9.53 Å². The number of rotatable bonds is 8. The lowest BCUT2D eigenvalue weighted by Gasteiger charge is -2.25. The minimum absolute atomic E-state index is 0.00149. The molecule has 0 saturated carbocycles. The number of aromatic hydroxyl groups is 1. The summed E-state index contributed by atoms with van der Waals surface area (Å²) in [4.78, 5) is 22.9. The van der Waals surface area contributed by atoms with Crippen molar-refractivity contribution in [3.8, 4) is 11.5 Å². The van der Waals surface area contributed by atoms with Crippen molar-refractivity contribution in [2.75, 3.05) is 13.7 Å². The van der Waals surface area contributed by atoms with Gasteiger partial charge in [0.15, 0.2) is 23.9 Å². The Morgan fingerprint density at radius 3 is 2.43 bits per heavy atom. The molecule has 0 aliphatic rings. The zero-order chi connectivity index (χ0) is 17.6. The van der Waals surface area contributed by atoms with Gasteiger partial charge in [-0.3, -0.25) is 4.79 Å². The quantitative estimate of drug-likeness (QED) is 0.274. The molecule has 0 aliphatic carbocycles. The Balaban J connectivity index is 2.86. The van der Waals surface area contributed by atoms with Crippen molar-refractivity contribution < 1.29 is 44.6 Å². The number of carbonyl (C=O) groups excluding carboxylic acids is 2. The average Bonchev–Trinajstić information content (AvgIpc) is 2.57. The first-order chi connectivity index (χ1) is 10.8. The van der Waals surface area contributed by atoms with Crippen LogP contribution < -0.4 is 4.74 Å². The number of aldehydes is 1. The van der Waals surface area contributed by atoms with Crippen LogP contribution in [0.3, 0.4) is 0 Å². The van der Waals surface area contributed by atoms with Gasteiger partial charge < -0.3 is 35.0 Å². The molecule has 0 fully saturated rings. The van der Waals surface area contributed by atoms with E-state index in [-0.39, 0.29) is 23.3 Å². The van der Waals surface area contributed by atoms with Crippen LogP contribution in [0.5, 0.6) is 11.5 Å². The van der Waals surface area contributed by atoms with Crippen LogP contribution >= 0.6 is 0 Å². The van der Waals surface area contributed by atoms with Crippen molar-refractivity contribution in [1.29, 1.82) is 0 Å². The SMILES string of the molecule is COc1cc(C(=O)O[C@@H](C=O)[C@@H](O)[C@H](O)[C@H](O)CO)ccc1O. The van der Waals surface area contributed by atoms with E-state index in [0.717, 1.165) is 6.07 Å². The maximum absolute atomic E-state index is 11.9. The molecule has 1 aromatic rings. The minimum atomic E-state index is -1.93. The highest BCUT2D eigenvalue weighted by Gasteiger charge is 2.33. The number of aliphatic hydroxyl groups is 4. The normalized spacial score (nSPS) is 16.0. The Hall–Kier alpha value is -2.20. The third kappa shape index (κ3) is 4.63. The van der Waals surface area contributed by atoms with E-state index in [0.29, 0.717) is 0 Å². The highest BCUT2D eigenvalue weighted by Crippen LogP contribution is 2.26. The van der Waals surface area contributed by atoms with Gasteiger partial charge in [0.2, 0.25) is 0 Å². The molecule has 9 nitrogen and oxygen atoms in total. The number of methoxy groups -OCH3 is 1. The maximum Gasteiger partial charge on any atom is 0.339 e. The molecule has 0 saturated heterocycles. The van der Waals surface area contributed by atoms with Gasteiger partial charge in [0, 0.05) is 0 Å². The van der Waals surface area contributed by atoms with Crippen LogP contribution in [0, 0.1) is 0 Å². The molecule has 0 amide bonds. The van der Waals surface area contributed by atoms with Crippen molar-refractivity contribution in [3.05, 3.63) is 23.8 Å². The van der Waals surface area contributed by atoms with Gasteiger partial charge in [-0.25, -0.2) is 4.79 Å². The van der Waals surface area contributed by atoms with E-state index in [1.54, 1.807) is 0 Å². The fourth-order valence-electron chi connectivity index (χ4n) is 1.70. The third-order valence-electron chi connectivity index (χ3n) is 3.06. The van der Waals surface area contributed by atoms with Gasteiger partial charge in [-0.2, -0.15) is 0 Å². The topological polar surface area (TPSA) is 154 Å². The lowest BCUT2D eigenvalue weighted by atomic mass is 10.0. The fraction of sp³-hybridized carbons (Fsp3) is 0.429. The Morgan fingerprint density at radius 1 is 1.26 bits per heavy atom. The second-order valence-electron chi connectivity index (χ2n) is 4.62. The molecule has 0 spiro atoms. The first kappa shape index (κ1) is 18.8. The van der Waals surface area contributed by atoms with Crippen LogP contribution in [0.4, 0.5) is 0 Å². The molecule has 0 unspecified atom stereocenters. The van der Waals surface area contributed by atoms with Crippen molar-refractivity contribution in [2.24, 2.45) is 0 Å². The molecule has 1 aromatic carbocycles. The van der Waals surface area contributed by atoms with E-state index < -0.39 is 37.0 Å². The molecule has 4 atom stereocenters. The molecule has 1 rings (SSSR count). The number of ether oxygens (including phenoxy) is 2. The summed E-state index contributed by atoms with van der Waals surface area (Å²) in [5, 5.41) is 46.6. The third-order valence-corrected chi connectivity index (χ3v) is 3.06. The molecule has 0 radical (unpaired) electrons. The molecule has 128 valence electrons. The summed E-state index contributed by atoms with van der Waals surface area (Å²) in [6, 6.07) is 3.53. The van der Waals surface area contributed by atoms with E-state index in [1.165, 1.54) is 19.2 Å². The Kier molecular flexibility index (Phi) is 6.91. The van der Waals surface area contributed by atoms with E-state index in [4.69, 9.17) is 14.6 Å². The zero-order valence-electron chi connectivity index (χ0n) is 12.2. The second kappa shape index (κ2) is 8.44. The number of phenolic OH excluding ortho intramolecular Hbond substituents is 1. The van der Waals surface area contributed by atoms with Gasteiger partial charge >= 0.3 is 5.97 Å². The lowest BCUT2D eigenvalue weighted by molar-refractivity contribution is -0.138. The number of benzene rings is 1. The molecule has 23 heavy (non-hydrogen) atoms. The Morgan fingerprint density at radius 2 is 1.91 bits per heavy atom. The van der Waals surface area contributed by atoms with Crippen LogP contribution in [0.25, 0.3) is 0 Å². The summed E-state index contributed by atoms with van der Waals surface area (Å²) < 4.78 is 9.58. The summed E-state index contributed by atoms with van der Waals surface area (Å²) in [6.45, 7) is -0.854. The van der Waals surface area contributed by atoms with Crippen LogP contribution in [0.1, 0.15) is 10.4 Å². The van der Waals surface area contributed by atoms with E-state index in [1.807, 2.05) is 0 Å². The zero-order valence-corrected chi connectivity index (χ0v) is 12.2. The smallest absolute Gasteiger partial charge is 0.339 e. The predicted molar refractivity (Wildman–Crippen MR) is 75.0 cm³/mol. The van der Waals surface area contributed by atoms with Crippen molar-refractivity contribution in [3.63, 3.8) is 0 Å². The second-order valence-corrected chi connectivity index (χ2v) is 4.62. The Labute approximate surface area is 131 Å². The van der Waals surface area contributed by atoms with E-state index >= 15 is 0 Å². The van der Waals surface area contributed by atoms with Crippen molar-refractivity contribution in [2.45, 2.75) is 24.4 Å². The summed E-state index contributed by atoms with van der Waals surface area (Å²) in [7, 11) is 1.27. The predicted octanol–water partition coefficient (Wildman–Crippen LogP) is -1.80. The number of hydrogen-bond donors (Lipinski definition) is 5. The first-order valence-electron chi connectivity index (χ1n) is 6.54. The molecule has 0 aromatic heterocycles. The highest BCUT2D eigenvalue weighted by atomic mass is 16.6. The number of phenols is 1. The van der Waals surface area contributed by atoms with Gasteiger partial charge in [0.25, 0.3) is 0 Å². The van der Waals surface area contributed by atoms with Gasteiger partial charge in [0.05, 0.1) is 19.3 Å². The van der Waals surface area contributed by atoms with Crippen LogP contribution in [0.15, 0.2) is 18.2 Å². The van der Waals surface area contributed by atoms with Crippen LogP contribution in [0.2, 0.25) is 0 Å². The van der Waals surface area contributed by atoms with Gasteiger partial charge in [-0.05, 0) is 18.2 Å². The lowest BCUT2D eigenvalue weighted by Crippen LogP contribution is -2.48. The molecule has 5 N–H and O–H groups in total. The first-order valence-corrected chi connectivity index (χ1v) is 6.54. The molecule has 0 bridgehead atoms. The summed E-state index contributed by atoms with van der Waals surface area (Å²) in [6.07, 6.45) is -7.22. The van der Waals surface area contributed by atoms with Crippen molar-refractivity contribution >= 4 is 12.3 Å².